The van der Waals surface area contributed by atoms with E-state index in [-0.39, 0.29) is 0 Å². The number of H-pyrrole nitrogens is 1. The molecule has 1 aliphatic heterocycles. The van der Waals surface area contributed by atoms with Gasteiger partial charge in [0, 0.05) is 36.0 Å². The molecule has 1 aromatic heterocycles. The number of nitrogens with zero attached hydrogens (tertiary/aromatic N) is 3. The first-order valence-corrected chi connectivity index (χ1v) is 6.60. The molecule has 0 amide bonds. The highest BCUT2D eigenvalue weighted by atomic mass is 79.9. The predicted octanol–water partition coefficient (Wildman–Crippen LogP) is 2.08. The lowest BCUT2D eigenvalue weighted by Gasteiger charge is -2.32. The number of fused-ring (bicyclic) bond motifs is 1. The summed E-state index contributed by atoms with van der Waals surface area (Å²) in [7, 11) is 2.16. The number of piperazine rings is 1. The lowest BCUT2D eigenvalue weighted by Crippen LogP contribution is -2.44. The molecule has 1 fully saturated rings. The smallest absolute Gasteiger partial charge is 0.158 e. The molecule has 0 unspecified atom stereocenters. The number of benzene rings is 1. The molecule has 0 bridgehead atoms. The molecule has 90 valence electrons. The number of anilines is 1. The normalized spacial score (nSPS) is 17.9. The van der Waals surface area contributed by atoms with E-state index in [0.29, 0.717) is 0 Å². The van der Waals surface area contributed by atoms with E-state index in [1.165, 1.54) is 5.39 Å². The van der Waals surface area contributed by atoms with Gasteiger partial charge >= 0.3 is 0 Å². The second-order valence-corrected chi connectivity index (χ2v) is 5.44. The number of aromatic amines is 1. The summed E-state index contributed by atoms with van der Waals surface area (Å²) in [6.07, 6.45) is 0. The van der Waals surface area contributed by atoms with E-state index in [0.717, 1.165) is 42.0 Å². The average Bonchev–Trinajstić information content (AvgIpc) is 2.73. The van der Waals surface area contributed by atoms with Crippen molar-refractivity contribution in [2.24, 2.45) is 0 Å². The van der Waals surface area contributed by atoms with Crippen molar-refractivity contribution in [3.63, 3.8) is 0 Å². The highest BCUT2D eigenvalue weighted by molar-refractivity contribution is 9.10. The van der Waals surface area contributed by atoms with Crippen molar-refractivity contribution in [3.8, 4) is 0 Å². The first-order valence-electron chi connectivity index (χ1n) is 5.81. The summed E-state index contributed by atoms with van der Waals surface area (Å²) in [6.45, 7) is 4.29. The van der Waals surface area contributed by atoms with Crippen molar-refractivity contribution < 1.29 is 0 Å². The van der Waals surface area contributed by atoms with E-state index in [9.17, 15) is 0 Å². The number of halogens is 1. The number of hydrogen-bond acceptors (Lipinski definition) is 3. The molecule has 0 atom stereocenters. The van der Waals surface area contributed by atoms with Crippen LogP contribution in [0.2, 0.25) is 0 Å². The van der Waals surface area contributed by atoms with Crippen LogP contribution in [0.3, 0.4) is 0 Å². The Morgan fingerprint density at radius 1 is 1.24 bits per heavy atom. The molecule has 0 radical (unpaired) electrons. The molecule has 4 nitrogen and oxygen atoms in total. The van der Waals surface area contributed by atoms with Gasteiger partial charge in [0.1, 0.15) is 0 Å². The van der Waals surface area contributed by atoms with E-state index >= 15 is 0 Å². The quantitative estimate of drug-likeness (QED) is 0.875. The summed E-state index contributed by atoms with van der Waals surface area (Å²) >= 11 is 3.52. The van der Waals surface area contributed by atoms with Gasteiger partial charge in [-0.3, -0.25) is 5.10 Å². The van der Waals surface area contributed by atoms with Crippen molar-refractivity contribution in [1.82, 2.24) is 15.1 Å². The lowest BCUT2D eigenvalue weighted by molar-refractivity contribution is 0.312. The number of likely N-dealkylation sites (N-methyl/N-ethyl adjacent to an activating group) is 1. The number of rotatable bonds is 1. The fourth-order valence-electron chi connectivity index (χ4n) is 2.23. The maximum Gasteiger partial charge on any atom is 0.158 e. The van der Waals surface area contributed by atoms with Gasteiger partial charge in [-0.2, -0.15) is 5.10 Å². The second kappa shape index (κ2) is 4.31. The van der Waals surface area contributed by atoms with E-state index in [1.54, 1.807) is 0 Å². The van der Waals surface area contributed by atoms with E-state index in [4.69, 9.17) is 0 Å². The third-order valence-electron chi connectivity index (χ3n) is 3.31. The lowest BCUT2D eigenvalue weighted by atomic mass is 10.2. The summed E-state index contributed by atoms with van der Waals surface area (Å²) in [5, 5.41) is 8.74. The highest BCUT2D eigenvalue weighted by Crippen LogP contribution is 2.27. The van der Waals surface area contributed by atoms with Crippen LogP contribution in [0, 0.1) is 0 Å². The van der Waals surface area contributed by atoms with Crippen LogP contribution in [-0.2, 0) is 0 Å². The van der Waals surface area contributed by atoms with E-state index in [2.05, 4.69) is 55.1 Å². The Morgan fingerprint density at radius 3 is 2.76 bits per heavy atom. The van der Waals surface area contributed by atoms with Crippen LogP contribution in [0.1, 0.15) is 0 Å². The molecule has 1 saturated heterocycles. The molecule has 3 rings (SSSR count). The SMILES string of the molecule is CN1CCN(c2n[nH]c3ccc(Br)cc23)CC1. The molecule has 5 heteroatoms. The van der Waals surface area contributed by atoms with Gasteiger partial charge < -0.3 is 9.80 Å². The van der Waals surface area contributed by atoms with Crippen molar-refractivity contribution >= 4 is 32.7 Å². The highest BCUT2D eigenvalue weighted by Gasteiger charge is 2.18. The third kappa shape index (κ3) is 2.05. The Balaban J connectivity index is 1.97. The molecule has 1 aromatic carbocycles. The molecular formula is C12H15BrN4. The maximum absolute atomic E-state index is 4.45. The standard InChI is InChI=1S/C12H15BrN4/c1-16-4-6-17(7-5-16)12-10-8-9(13)2-3-11(10)14-15-12/h2-3,8H,4-7H2,1H3,(H,14,15). The molecule has 1 aliphatic rings. The van der Waals surface area contributed by atoms with Crippen molar-refractivity contribution in [2.75, 3.05) is 38.1 Å². The third-order valence-corrected chi connectivity index (χ3v) is 3.80. The Kier molecular flexibility index (Phi) is 2.80. The minimum atomic E-state index is 1.04. The van der Waals surface area contributed by atoms with Crippen LogP contribution in [0.5, 0.6) is 0 Å². The summed E-state index contributed by atoms with van der Waals surface area (Å²) in [5.41, 5.74) is 1.10. The molecule has 2 heterocycles. The van der Waals surface area contributed by atoms with E-state index < -0.39 is 0 Å². The van der Waals surface area contributed by atoms with Gasteiger partial charge in [-0.15, -0.1) is 0 Å². The monoisotopic (exact) mass is 294 g/mol. The summed E-state index contributed by atoms with van der Waals surface area (Å²) in [5.74, 6) is 1.08. The number of nitrogens with one attached hydrogen (secondary N) is 1. The molecule has 0 saturated carbocycles. The molecular weight excluding hydrogens is 280 g/mol. The van der Waals surface area contributed by atoms with Crippen molar-refractivity contribution in [2.45, 2.75) is 0 Å². The second-order valence-electron chi connectivity index (χ2n) is 4.53. The van der Waals surface area contributed by atoms with Crippen LogP contribution in [0.4, 0.5) is 5.82 Å². The van der Waals surface area contributed by atoms with Crippen LogP contribution >= 0.6 is 15.9 Å². The average molecular weight is 295 g/mol. The Hall–Kier alpha value is -1.07. The van der Waals surface area contributed by atoms with Crippen molar-refractivity contribution in [1.29, 1.82) is 0 Å². The Morgan fingerprint density at radius 2 is 2.00 bits per heavy atom. The van der Waals surface area contributed by atoms with Gasteiger partial charge in [-0.25, -0.2) is 0 Å². The summed E-state index contributed by atoms with van der Waals surface area (Å²) in [6, 6.07) is 6.23. The van der Waals surface area contributed by atoms with Gasteiger partial charge in [0.15, 0.2) is 5.82 Å². The number of hydrogen-bond donors (Lipinski definition) is 1. The van der Waals surface area contributed by atoms with Crippen LogP contribution < -0.4 is 4.90 Å². The van der Waals surface area contributed by atoms with E-state index in [1.807, 2.05) is 6.07 Å². The zero-order valence-electron chi connectivity index (χ0n) is 9.78. The Bertz CT molecular complexity index is 528. The van der Waals surface area contributed by atoms with Crippen LogP contribution in [0.25, 0.3) is 10.9 Å². The summed E-state index contributed by atoms with van der Waals surface area (Å²) in [4.78, 5) is 4.70. The predicted molar refractivity (Wildman–Crippen MR) is 73.5 cm³/mol. The van der Waals surface area contributed by atoms with Gasteiger partial charge in [0.2, 0.25) is 0 Å². The topological polar surface area (TPSA) is 35.2 Å². The minimum absolute atomic E-state index is 1.04. The Labute approximate surface area is 109 Å². The number of aromatic nitrogens is 2. The summed E-state index contributed by atoms with van der Waals surface area (Å²) < 4.78 is 1.10. The zero-order valence-corrected chi connectivity index (χ0v) is 11.4. The fourth-order valence-corrected chi connectivity index (χ4v) is 2.59. The maximum atomic E-state index is 4.45. The molecule has 17 heavy (non-hydrogen) atoms. The first-order chi connectivity index (χ1) is 8.24. The first kappa shape index (κ1) is 11.0. The largest absolute Gasteiger partial charge is 0.352 e. The molecule has 1 N–H and O–H groups in total. The minimum Gasteiger partial charge on any atom is -0.352 e. The zero-order chi connectivity index (χ0) is 11.8. The van der Waals surface area contributed by atoms with Crippen LogP contribution in [0.15, 0.2) is 22.7 Å². The van der Waals surface area contributed by atoms with Gasteiger partial charge in [0.25, 0.3) is 0 Å². The fraction of sp³-hybridized carbons (Fsp3) is 0.417. The van der Waals surface area contributed by atoms with Gasteiger partial charge in [0.05, 0.1) is 5.52 Å². The molecule has 2 aromatic rings. The van der Waals surface area contributed by atoms with Crippen LogP contribution in [-0.4, -0.2) is 48.3 Å². The molecule has 0 spiro atoms. The van der Waals surface area contributed by atoms with Crippen molar-refractivity contribution in [3.05, 3.63) is 22.7 Å². The van der Waals surface area contributed by atoms with Gasteiger partial charge in [-0.05, 0) is 25.2 Å². The van der Waals surface area contributed by atoms with Gasteiger partial charge in [-0.1, -0.05) is 15.9 Å². The molecule has 0 aliphatic carbocycles.